The van der Waals surface area contributed by atoms with Crippen molar-refractivity contribution in [2.45, 2.75) is 9.79 Å². The lowest BCUT2D eigenvalue weighted by atomic mass is 10.1. The van der Waals surface area contributed by atoms with Crippen molar-refractivity contribution in [2.75, 3.05) is 26.6 Å². The number of hydrogen-bond acceptors (Lipinski definition) is 5. The van der Waals surface area contributed by atoms with Crippen molar-refractivity contribution >= 4 is 35.0 Å². The highest BCUT2D eigenvalue weighted by Gasteiger charge is 2.21. The molecule has 0 bridgehead atoms. The number of anilines is 1. The molecule has 0 aliphatic carbocycles. The summed E-state index contributed by atoms with van der Waals surface area (Å²) < 4.78 is 16.1. The van der Waals surface area contributed by atoms with E-state index in [-0.39, 0.29) is 5.91 Å². The predicted molar refractivity (Wildman–Crippen MR) is 116 cm³/mol. The molecule has 0 radical (unpaired) electrons. The van der Waals surface area contributed by atoms with Crippen LogP contribution in [0.1, 0.15) is 10.4 Å². The average Bonchev–Trinajstić information content (AvgIpc) is 2.75. The first-order valence-corrected chi connectivity index (χ1v) is 9.89. The number of benzene rings is 3. The molecular weight excluding hydrogens is 410 g/mol. The standard InChI is InChI=1S/C22H20ClNO4S/c1-26-18-13-12-16(20(27-2)21(18)28-3)22(25)24-17-6-4-5-7-19(17)29-15-10-8-14(23)9-11-15/h4-13H,1-3H3,(H,24,25). The van der Waals surface area contributed by atoms with Crippen molar-refractivity contribution < 1.29 is 19.0 Å². The van der Waals surface area contributed by atoms with Crippen LogP contribution in [0.15, 0.2) is 70.5 Å². The third kappa shape index (κ3) is 4.78. The van der Waals surface area contributed by atoms with Gasteiger partial charge in [-0.3, -0.25) is 4.79 Å². The molecule has 1 amide bonds. The highest BCUT2D eigenvalue weighted by Crippen LogP contribution is 2.40. The molecule has 0 atom stereocenters. The van der Waals surface area contributed by atoms with E-state index >= 15 is 0 Å². The maximum absolute atomic E-state index is 13.0. The van der Waals surface area contributed by atoms with Gasteiger partial charge in [0.25, 0.3) is 5.91 Å². The third-order valence-corrected chi connectivity index (χ3v) is 5.46. The molecule has 7 heteroatoms. The average molecular weight is 430 g/mol. The number of nitrogens with one attached hydrogen (secondary N) is 1. The Kier molecular flexibility index (Phi) is 6.90. The minimum atomic E-state index is -0.313. The van der Waals surface area contributed by atoms with Crippen LogP contribution in [0, 0.1) is 0 Å². The fourth-order valence-electron chi connectivity index (χ4n) is 2.76. The van der Waals surface area contributed by atoms with Crippen LogP contribution in [0.25, 0.3) is 0 Å². The van der Waals surface area contributed by atoms with E-state index in [9.17, 15) is 4.79 Å². The van der Waals surface area contributed by atoms with Gasteiger partial charge in [-0.15, -0.1) is 0 Å². The Labute approximate surface area is 178 Å². The topological polar surface area (TPSA) is 56.8 Å². The second-order valence-corrected chi connectivity index (χ2v) is 7.44. The summed E-state index contributed by atoms with van der Waals surface area (Å²) in [4.78, 5) is 14.9. The minimum absolute atomic E-state index is 0.312. The van der Waals surface area contributed by atoms with E-state index in [1.165, 1.54) is 33.1 Å². The maximum Gasteiger partial charge on any atom is 0.259 e. The van der Waals surface area contributed by atoms with Crippen molar-refractivity contribution in [3.8, 4) is 17.2 Å². The van der Waals surface area contributed by atoms with Crippen molar-refractivity contribution in [1.82, 2.24) is 0 Å². The molecule has 0 aliphatic heterocycles. The zero-order valence-electron chi connectivity index (χ0n) is 16.2. The highest BCUT2D eigenvalue weighted by molar-refractivity contribution is 7.99. The zero-order valence-corrected chi connectivity index (χ0v) is 17.8. The summed E-state index contributed by atoms with van der Waals surface area (Å²) in [7, 11) is 4.51. The Morgan fingerprint density at radius 1 is 0.862 bits per heavy atom. The number of carbonyl (C=O) groups is 1. The van der Waals surface area contributed by atoms with Gasteiger partial charge in [-0.05, 0) is 48.5 Å². The number of methoxy groups -OCH3 is 3. The van der Waals surface area contributed by atoms with Crippen molar-refractivity contribution in [3.63, 3.8) is 0 Å². The van der Waals surface area contributed by atoms with Crippen molar-refractivity contribution in [3.05, 3.63) is 71.2 Å². The maximum atomic E-state index is 13.0. The summed E-state index contributed by atoms with van der Waals surface area (Å²) >= 11 is 7.49. The van der Waals surface area contributed by atoms with Gasteiger partial charge in [0.05, 0.1) is 32.6 Å². The second kappa shape index (κ2) is 9.58. The molecule has 3 rings (SSSR count). The van der Waals surface area contributed by atoms with Gasteiger partial charge in [0.1, 0.15) is 0 Å². The monoisotopic (exact) mass is 429 g/mol. The zero-order chi connectivity index (χ0) is 20.8. The molecule has 150 valence electrons. The molecule has 0 spiro atoms. The number of amides is 1. The van der Waals surface area contributed by atoms with E-state index in [0.29, 0.717) is 33.5 Å². The molecule has 0 fully saturated rings. The minimum Gasteiger partial charge on any atom is -0.493 e. The normalized spacial score (nSPS) is 10.3. The Hall–Kier alpha value is -2.83. The van der Waals surface area contributed by atoms with Crippen molar-refractivity contribution in [2.24, 2.45) is 0 Å². The van der Waals surface area contributed by atoms with Crippen LogP contribution in [-0.2, 0) is 0 Å². The molecule has 3 aromatic rings. The Bertz CT molecular complexity index is 1010. The van der Waals surface area contributed by atoms with Gasteiger partial charge in [-0.25, -0.2) is 0 Å². The molecule has 0 saturated heterocycles. The summed E-state index contributed by atoms with van der Waals surface area (Å²) in [6, 6.07) is 18.4. The van der Waals surface area contributed by atoms with Gasteiger partial charge in [0.15, 0.2) is 11.5 Å². The first-order chi connectivity index (χ1) is 14.1. The van der Waals surface area contributed by atoms with Crippen LogP contribution >= 0.6 is 23.4 Å². The highest BCUT2D eigenvalue weighted by atomic mass is 35.5. The summed E-state index contributed by atoms with van der Waals surface area (Å²) in [6.07, 6.45) is 0. The van der Waals surface area contributed by atoms with Crippen LogP contribution in [0.2, 0.25) is 5.02 Å². The summed E-state index contributed by atoms with van der Waals surface area (Å²) in [5.41, 5.74) is 1.03. The Morgan fingerprint density at radius 2 is 1.55 bits per heavy atom. The van der Waals surface area contributed by atoms with E-state index < -0.39 is 0 Å². The van der Waals surface area contributed by atoms with Gasteiger partial charge < -0.3 is 19.5 Å². The van der Waals surface area contributed by atoms with Gasteiger partial charge in [0.2, 0.25) is 5.75 Å². The first-order valence-electron chi connectivity index (χ1n) is 8.70. The summed E-state index contributed by atoms with van der Waals surface area (Å²) in [5, 5.41) is 3.64. The van der Waals surface area contributed by atoms with Crippen LogP contribution in [-0.4, -0.2) is 27.2 Å². The molecule has 1 N–H and O–H groups in total. The van der Waals surface area contributed by atoms with Gasteiger partial charge in [0, 0.05) is 14.8 Å². The number of carbonyl (C=O) groups excluding carboxylic acids is 1. The fourth-order valence-corrected chi connectivity index (χ4v) is 3.79. The smallest absolute Gasteiger partial charge is 0.259 e. The largest absolute Gasteiger partial charge is 0.493 e. The Morgan fingerprint density at radius 3 is 2.21 bits per heavy atom. The lowest BCUT2D eigenvalue weighted by molar-refractivity contribution is 0.102. The number of ether oxygens (including phenoxy) is 3. The molecular formula is C22H20ClNO4S. The number of para-hydroxylation sites is 1. The lowest BCUT2D eigenvalue weighted by Gasteiger charge is -2.16. The molecule has 3 aromatic carbocycles. The number of hydrogen-bond donors (Lipinski definition) is 1. The lowest BCUT2D eigenvalue weighted by Crippen LogP contribution is -2.14. The van der Waals surface area contributed by atoms with Gasteiger partial charge >= 0.3 is 0 Å². The van der Waals surface area contributed by atoms with Crippen LogP contribution in [0.4, 0.5) is 5.69 Å². The quantitative estimate of drug-likeness (QED) is 0.516. The van der Waals surface area contributed by atoms with Crippen LogP contribution in [0.5, 0.6) is 17.2 Å². The van der Waals surface area contributed by atoms with Crippen LogP contribution < -0.4 is 19.5 Å². The third-order valence-electron chi connectivity index (χ3n) is 4.13. The van der Waals surface area contributed by atoms with Gasteiger partial charge in [-0.2, -0.15) is 0 Å². The molecule has 0 aromatic heterocycles. The molecule has 0 unspecified atom stereocenters. The van der Waals surface area contributed by atoms with E-state index in [0.717, 1.165) is 9.79 Å². The second-order valence-electron chi connectivity index (χ2n) is 5.89. The fraction of sp³-hybridized carbons (Fsp3) is 0.136. The SMILES string of the molecule is COc1ccc(C(=O)Nc2ccccc2Sc2ccc(Cl)cc2)c(OC)c1OC. The van der Waals surface area contributed by atoms with E-state index in [2.05, 4.69) is 5.32 Å². The summed E-state index contributed by atoms with van der Waals surface area (Å²) in [5.74, 6) is 0.852. The Balaban J connectivity index is 1.89. The first kappa shape index (κ1) is 20.9. The molecule has 0 saturated carbocycles. The number of rotatable bonds is 7. The molecule has 29 heavy (non-hydrogen) atoms. The van der Waals surface area contributed by atoms with E-state index in [1.807, 2.05) is 48.5 Å². The number of halogens is 1. The predicted octanol–water partition coefficient (Wildman–Crippen LogP) is 5.77. The summed E-state index contributed by atoms with van der Waals surface area (Å²) in [6.45, 7) is 0. The molecule has 5 nitrogen and oxygen atoms in total. The van der Waals surface area contributed by atoms with Gasteiger partial charge in [-0.1, -0.05) is 35.5 Å². The van der Waals surface area contributed by atoms with E-state index in [1.54, 1.807) is 12.1 Å². The van der Waals surface area contributed by atoms with Crippen LogP contribution in [0.3, 0.4) is 0 Å². The van der Waals surface area contributed by atoms with Crippen molar-refractivity contribution in [1.29, 1.82) is 0 Å². The molecule has 0 aliphatic rings. The van der Waals surface area contributed by atoms with E-state index in [4.69, 9.17) is 25.8 Å². The molecule has 0 heterocycles.